The van der Waals surface area contributed by atoms with Gasteiger partial charge >= 0.3 is 0 Å². The molecule has 1 aliphatic rings. The molecule has 1 fully saturated rings. The second kappa shape index (κ2) is 7.96. The van der Waals surface area contributed by atoms with Gasteiger partial charge in [-0.3, -0.25) is 4.79 Å². The summed E-state index contributed by atoms with van der Waals surface area (Å²) in [4.78, 5) is 14.1. The molecule has 1 heterocycles. The summed E-state index contributed by atoms with van der Waals surface area (Å²) in [5.74, 6) is 1.31. The Kier molecular flexibility index (Phi) is 6.88. The standard InChI is InChI=1S/C12H24N2OS/c1-13-8-6-11-5-3-4-9-14(11)12(15)7-10-16-2/h11,13H,3-10H2,1-2H3. The molecule has 0 aromatic rings. The van der Waals surface area contributed by atoms with E-state index >= 15 is 0 Å². The average Bonchev–Trinajstić information content (AvgIpc) is 2.33. The zero-order valence-corrected chi connectivity index (χ0v) is 11.3. The molecule has 1 unspecified atom stereocenters. The molecule has 0 aromatic heterocycles. The van der Waals surface area contributed by atoms with Gasteiger partial charge in [0.1, 0.15) is 0 Å². The number of rotatable bonds is 6. The summed E-state index contributed by atoms with van der Waals surface area (Å²) < 4.78 is 0. The Hall–Kier alpha value is -0.220. The van der Waals surface area contributed by atoms with Gasteiger partial charge in [0.25, 0.3) is 0 Å². The first-order valence-corrected chi connectivity index (χ1v) is 7.62. The van der Waals surface area contributed by atoms with Gasteiger partial charge in [-0.15, -0.1) is 0 Å². The highest BCUT2D eigenvalue weighted by Gasteiger charge is 2.25. The van der Waals surface area contributed by atoms with Crippen molar-refractivity contribution in [2.45, 2.75) is 38.1 Å². The van der Waals surface area contributed by atoms with Crippen molar-refractivity contribution in [1.82, 2.24) is 10.2 Å². The number of nitrogens with one attached hydrogen (secondary N) is 1. The first-order chi connectivity index (χ1) is 7.79. The van der Waals surface area contributed by atoms with E-state index in [1.807, 2.05) is 7.05 Å². The summed E-state index contributed by atoms with van der Waals surface area (Å²) in [6.45, 7) is 1.98. The van der Waals surface area contributed by atoms with Crippen molar-refractivity contribution in [1.29, 1.82) is 0 Å². The normalized spacial score (nSPS) is 21.1. The van der Waals surface area contributed by atoms with Crippen LogP contribution in [0.25, 0.3) is 0 Å². The Morgan fingerprint density at radius 3 is 3.00 bits per heavy atom. The molecular weight excluding hydrogens is 220 g/mol. The number of likely N-dealkylation sites (tertiary alicyclic amines) is 1. The molecule has 0 spiro atoms. The van der Waals surface area contributed by atoms with E-state index in [0.717, 1.165) is 25.3 Å². The van der Waals surface area contributed by atoms with E-state index in [9.17, 15) is 4.79 Å². The summed E-state index contributed by atoms with van der Waals surface area (Å²) in [5, 5.41) is 3.18. The summed E-state index contributed by atoms with van der Waals surface area (Å²) in [6, 6.07) is 0.482. The number of thioether (sulfide) groups is 1. The van der Waals surface area contributed by atoms with Crippen LogP contribution in [0, 0.1) is 0 Å². The molecular formula is C12H24N2OS. The van der Waals surface area contributed by atoms with Crippen LogP contribution in [0.5, 0.6) is 0 Å². The largest absolute Gasteiger partial charge is 0.340 e. The van der Waals surface area contributed by atoms with Crippen LogP contribution in [0.1, 0.15) is 32.1 Å². The number of amides is 1. The molecule has 0 saturated carbocycles. The number of carbonyl (C=O) groups is 1. The zero-order chi connectivity index (χ0) is 11.8. The van der Waals surface area contributed by atoms with Crippen LogP contribution in [0.3, 0.4) is 0 Å². The first kappa shape index (κ1) is 13.8. The fraction of sp³-hybridized carbons (Fsp3) is 0.917. The van der Waals surface area contributed by atoms with Crippen molar-refractivity contribution < 1.29 is 4.79 Å². The Morgan fingerprint density at radius 1 is 1.50 bits per heavy atom. The minimum absolute atomic E-state index is 0.357. The lowest BCUT2D eigenvalue weighted by Crippen LogP contribution is -2.44. The molecule has 0 bridgehead atoms. The van der Waals surface area contributed by atoms with E-state index in [1.54, 1.807) is 11.8 Å². The number of hydrogen-bond donors (Lipinski definition) is 1. The van der Waals surface area contributed by atoms with Crippen molar-refractivity contribution in [2.75, 3.05) is 32.1 Å². The highest BCUT2D eigenvalue weighted by Crippen LogP contribution is 2.20. The minimum Gasteiger partial charge on any atom is -0.340 e. The zero-order valence-electron chi connectivity index (χ0n) is 10.5. The van der Waals surface area contributed by atoms with Gasteiger partial charge in [0.2, 0.25) is 5.91 Å². The van der Waals surface area contributed by atoms with E-state index in [1.165, 1.54) is 19.3 Å². The number of nitrogens with zero attached hydrogens (tertiary/aromatic N) is 1. The summed E-state index contributed by atoms with van der Waals surface area (Å²) in [7, 11) is 1.97. The molecule has 3 nitrogen and oxygen atoms in total. The molecule has 4 heteroatoms. The first-order valence-electron chi connectivity index (χ1n) is 6.22. The van der Waals surface area contributed by atoms with Crippen LogP contribution >= 0.6 is 11.8 Å². The third-order valence-electron chi connectivity index (χ3n) is 3.20. The van der Waals surface area contributed by atoms with Gasteiger partial charge in [-0.05, 0) is 45.5 Å². The summed E-state index contributed by atoms with van der Waals surface area (Å²) >= 11 is 1.75. The Bertz CT molecular complexity index is 211. The Morgan fingerprint density at radius 2 is 2.31 bits per heavy atom. The minimum atomic E-state index is 0.357. The summed E-state index contributed by atoms with van der Waals surface area (Å²) in [6.07, 6.45) is 7.51. The molecule has 94 valence electrons. The smallest absolute Gasteiger partial charge is 0.223 e. The summed E-state index contributed by atoms with van der Waals surface area (Å²) in [5.41, 5.74) is 0. The second-order valence-electron chi connectivity index (χ2n) is 4.37. The third kappa shape index (κ3) is 4.34. The maximum absolute atomic E-state index is 12.0. The Labute approximate surface area is 103 Å². The van der Waals surface area contributed by atoms with Gasteiger partial charge in [-0.25, -0.2) is 0 Å². The maximum atomic E-state index is 12.0. The third-order valence-corrected chi connectivity index (χ3v) is 3.81. The van der Waals surface area contributed by atoms with Crippen molar-refractivity contribution in [3.05, 3.63) is 0 Å². The molecule has 0 aliphatic carbocycles. The van der Waals surface area contributed by atoms with Gasteiger partial charge in [0.05, 0.1) is 0 Å². The van der Waals surface area contributed by atoms with Gasteiger partial charge in [-0.2, -0.15) is 11.8 Å². The van der Waals surface area contributed by atoms with Crippen LogP contribution in [0.4, 0.5) is 0 Å². The van der Waals surface area contributed by atoms with Crippen LogP contribution in [-0.4, -0.2) is 49.0 Å². The molecule has 16 heavy (non-hydrogen) atoms. The molecule has 1 saturated heterocycles. The van der Waals surface area contributed by atoms with E-state index < -0.39 is 0 Å². The molecule has 0 aromatic carbocycles. The molecule has 0 radical (unpaired) electrons. The number of piperidine rings is 1. The van der Waals surface area contributed by atoms with Crippen molar-refractivity contribution >= 4 is 17.7 Å². The SMILES string of the molecule is CNCCC1CCCCN1C(=O)CCSC. The van der Waals surface area contributed by atoms with Gasteiger partial charge in [0, 0.05) is 24.8 Å². The predicted molar refractivity (Wildman–Crippen MR) is 70.9 cm³/mol. The van der Waals surface area contributed by atoms with E-state index in [4.69, 9.17) is 0 Å². The topological polar surface area (TPSA) is 32.3 Å². The van der Waals surface area contributed by atoms with Crippen LogP contribution < -0.4 is 5.32 Å². The fourth-order valence-corrected chi connectivity index (χ4v) is 2.65. The lowest BCUT2D eigenvalue weighted by Gasteiger charge is -2.36. The van der Waals surface area contributed by atoms with Gasteiger partial charge in [-0.1, -0.05) is 0 Å². The molecule has 1 amide bonds. The number of carbonyl (C=O) groups excluding carboxylic acids is 1. The highest BCUT2D eigenvalue weighted by molar-refractivity contribution is 7.98. The van der Waals surface area contributed by atoms with Crippen molar-refractivity contribution in [2.24, 2.45) is 0 Å². The molecule has 1 rings (SSSR count). The van der Waals surface area contributed by atoms with Crippen LogP contribution in [-0.2, 0) is 4.79 Å². The second-order valence-corrected chi connectivity index (χ2v) is 5.36. The average molecular weight is 244 g/mol. The van der Waals surface area contributed by atoms with Crippen LogP contribution in [0.2, 0.25) is 0 Å². The lowest BCUT2D eigenvalue weighted by molar-refractivity contribution is -0.134. The molecule has 1 atom stereocenters. The maximum Gasteiger partial charge on any atom is 0.223 e. The van der Waals surface area contributed by atoms with E-state index in [0.29, 0.717) is 18.4 Å². The van der Waals surface area contributed by atoms with Gasteiger partial charge in [0.15, 0.2) is 0 Å². The monoisotopic (exact) mass is 244 g/mol. The van der Waals surface area contributed by atoms with Gasteiger partial charge < -0.3 is 10.2 Å². The predicted octanol–water partition coefficient (Wildman–Crippen LogP) is 1.73. The number of hydrogen-bond acceptors (Lipinski definition) is 3. The van der Waals surface area contributed by atoms with E-state index in [2.05, 4.69) is 16.5 Å². The Balaban J connectivity index is 2.42. The quantitative estimate of drug-likeness (QED) is 0.772. The van der Waals surface area contributed by atoms with Crippen molar-refractivity contribution in [3.8, 4) is 0 Å². The van der Waals surface area contributed by atoms with Crippen molar-refractivity contribution in [3.63, 3.8) is 0 Å². The van der Waals surface area contributed by atoms with Crippen LogP contribution in [0.15, 0.2) is 0 Å². The fourth-order valence-electron chi connectivity index (χ4n) is 2.27. The van der Waals surface area contributed by atoms with E-state index in [-0.39, 0.29) is 0 Å². The molecule has 1 N–H and O–H groups in total. The highest BCUT2D eigenvalue weighted by atomic mass is 32.2. The molecule has 1 aliphatic heterocycles. The lowest BCUT2D eigenvalue weighted by atomic mass is 9.99.